The average molecular weight is 295 g/mol. The topological polar surface area (TPSA) is 20.2 Å². The van der Waals surface area contributed by atoms with Crippen molar-refractivity contribution in [2.75, 3.05) is 0 Å². The number of hydrogen-bond donors (Lipinski definition) is 1. The van der Waals surface area contributed by atoms with E-state index in [1.54, 1.807) is 0 Å². The molecule has 1 aromatic carbocycles. The van der Waals surface area contributed by atoms with Crippen LogP contribution in [0.5, 0.6) is 0 Å². The van der Waals surface area contributed by atoms with Gasteiger partial charge < -0.3 is 5.11 Å². The predicted octanol–water partition coefficient (Wildman–Crippen LogP) is 5.01. The fourth-order valence-corrected chi connectivity index (χ4v) is 4.17. The first-order valence-corrected chi connectivity index (χ1v) is 8.17. The largest absolute Gasteiger partial charge is 0.389 e. The minimum Gasteiger partial charge on any atom is -0.389 e. The van der Waals surface area contributed by atoms with E-state index < -0.39 is 5.60 Å². The minimum atomic E-state index is -0.606. The third-order valence-corrected chi connectivity index (χ3v) is 5.22. The quantitative estimate of drug-likeness (QED) is 0.830. The summed E-state index contributed by atoms with van der Waals surface area (Å²) >= 11 is 6.36. The average Bonchev–Trinajstić information content (AvgIpc) is 2.32. The van der Waals surface area contributed by atoms with Crippen molar-refractivity contribution in [2.24, 2.45) is 17.8 Å². The summed E-state index contributed by atoms with van der Waals surface area (Å²) in [6.07, 6.45) is 3.92. The third-order valence-electron chi connectivity index (χ3n) is 4.87. The summed E-state index contributed by atoms with van der Waals surface area (Å²) in [5, 5.41) is 12.1. The summed E-state index contributed by atoms with van der Waals surface area (Å²) in [5.41, 5.74) is 1.65. The van der Waals surface area contributed by atoms with E-state index in [0.717, 1.165) is 23.4 Å². The van der Waals surface area contributed by atoms with Gasteiger partial charge in [-0.3, -0.25) is 0 Å². The fraction of sp³-hybridized carbons (Fsp3) is 0.667. The van der Waals surface area contributed by atoms with Crippen molar-refractivity contribution in [2.45, 2.75) is 59.0 Å². The molecular formula is C18H27ClO. The molecule has 0 bridgehead atoms. The molecule has 0 amide bonds. The molecule has 0 aliphatic heterocycles. The number of aryl methyl sites for hydroxylation is 1. The van der Waals surface area contributed by atoms with Crippen LogP contribution in [0, 0.1) is 24.7 Å². The van der Waals surface area contributed by atoms with Crippen molar-refractivity contribution in [1.82, 2.24) is 0 Å². The third kappa shape index (κ3) is 3.38. The highest BCUT2D eigenvalue weighted by Crippen LogP contribution is 2.43. The normalized spacial score (nSPS) is 30.8. The molecule has 0 heterocycles. The molecule has 1 nitrogen and oxygen atoms in total. The van der Waals surface area contributed by atoms with Crippen molar-refractivity contribution in [3.63, 3.8) is 0 Å². The SMILES string of the molecule is Cc1ccc(CC2(O)CC(C)CCC2C(C)C)c(Cl)c1. The van der Waals surface area contributed by atoms with Gasteiger partial charge in [-0.2, -0.15) is 0 Å². The molecule has 0 aromatic heterocycles. The maximum Gasteiger partial charge on any atom is 0.0721 e. The molecular weight excluding hydrogens is 268 g/mol. The standard InChI is InChI=1S/C18H27ClO/c1-12(2)16-8-6-14(4)10-18(16,20)11-15-7-5-13(3)9-17(15)19/h5,7,9,12,14,16,20H,6,8,10-11H2,1-4H3. The number of rotatable bonds is 3. The van der Waals surface area contributed by atoms with E-state index in [-0.39, 0.29) is 0 Å². The van der Waals surface area contributed by atoms with Crippen LogP contribution in [0.2, 0.25) is 5.02 Å². The Bertz CT molecular complexity index is 468. The van der Waals surface area contributed by atoms with E-state index >= 15 is 0 Å². The van der Waals surface area contributed by atoms with Crippen LogP contribution in [0.25, 0.3) is 0 Å². The fourth-order valence-electron chi connectivity index (χ4n) is 3.87. The van der Waals surface area contributed by atoms with E-state index in [2.05, 4.69) is 32.9 Å². The molecule has 0 saturated heterocycles. The summed E-state index contributed by atoms with van der Waals surface area (Å²) in [4.78, 5) is 0. The van der Waals surface area contributed by atoms with E-state index in [4.69, 9.17) is 11.6 Å². The molecule has 3 unspecified atom stereocenters. The van der Waals surface area contributed by atoms with E-state index in [1.165, 1.54) is 12.0 Å². The Balaban J connectivity index is 2.26. The molecule has 1 aliphatic rings. The zero-order chi connectivity index (χ0) is 14.9. The first-order valence-electron chi connectivity index (χ1n) is 7.79. The highest BCUT2D eigenvalue weighted by molar-refractivity contribution is 6.31. The van der Waals surface area contributed by atoms with Gasteiger partial charge in [-0.25, -0.2) is 0 Å². The number of halogens is 1. The highest BCUT2D eigenvalue weighted by atomic mass is 35.5. The Morgan fingerprint density at radius 1 is 1.35 bits per heavy atom. The van der Waals surface area contributed by atoms with Crippen molar-refractivity contribution in [3.05, 3.63) is 34.3 Å². The van der Waals surface area contributed by atoms with Gasteiger partial charge in [0, 0.05) is 11.4 Å². The summed E-state index contributed by atoms with van der Waals surface area (Å²) < 4.78 is 0. The van der Waals surface area contributed by atoms with Gasteiger partial charge in [0.05, 0.1) is 5.60 Å². The van der Waals surface area contributed by atoms with Crippen LogP contribution in [0.15, 0.2) is 18.2 Å². The van der Waals surface area contributed by atoms with Crippen molar-refractivity contribution < 1.29 is 5.11 Å². The van der Waals surface area contributed by atoms with Crippen LogP contribution in [0.1, 0.15) is 51.2 Å². The van der Waals surface area contributed by atoms with Gasteiger partial charge in [0.1, 0.15) is 0 Å². The van der Waals surface area contributed by atoms with Crippen molar-refractivity contribution in [3.8, 4) is 0 Å². The number of aliphatic hydroxyl groups is 1. The summed E-state index contributed by atoms with van der Waals surface area (Å²) in [5.74, 6) is 1.48. The lowest BCUT2D eigenvalue weighted by molar-refractivity contribution is -0.0794. The van der Waals surface area contributed by atoms with Crippen molar-refractivity contribution >= 4 is 11.6 Å². The maximum atomic E-state index is 11.3. The molecule has 0 spiro atoms. The maximum absolute atomic E-state index is 11.3. The zero-order valence-electron chi connectivity index (χ0n) is 13.1. The van der Waals surface area contributed by atoms with Gasteiger partial charge in [-0.05, 0) is 54.7 Å². The Kier molecular flexibility index (Phi) is 4.81. The lowest BCUT2D eigenvalue weighted by Gasteiger charge is -2.45. The first-order chi connectivity index (χ1) is 9.32. The molecule has 112 valence electrons. The molecule has 1 aliphatic carbocycles. The monoisotopic (exact) mass is 294 g/mol. The Morgan fingerprint density at radius 3 is 2.65 bits per heavy atom. The predicted molar refractivity (Wildman–Crippen MR) is 86.2 cm³/mol. The van der Waals surface area contributed by atoms with Crippen LogP contribution < -0.4 is 0 Å². The van der Waals surface area contributed by atoms with Gasteiger partial charge in [0.15, 0.2) is 0 Å². The lowest BCUT2D eigenvalue weighted by Crippen LogP contribution is -2.47. The Morgan fingerprint density at radius 2 is 2.05 bits per heavy atom. The molecule has 1 fully saturated rings. The smallest absolute Gasteiger partial charge is 0.0721 e. The molecule has 0 radical (unpaired) electrons. The van der Waals surface area contributed by atoms with Crippen LogP contribution in [-0.4, -0.2) is 10.7 Å². The number of hydrogen-bond acceptors (Lipinski definition) is 1. The van der Waals surface area contributed by atoms with E-state index in [0.29, 0.717) is 24.2 Å². The second kappa shape index (κ2) is 6.07. The molecule has 20 heavy (non-hydrogen) atoms. The molecule has 1 aromatic rings. The van der Waals surface area contributed by atoms with E-state index in [1.807, 2.05) is 13.0 Å². The van der Waals surface area contributed by atoms with Crippen LogP contribution in [0.4, 0.5) is 0 Å². The Labute approximate surface area is 128 Å². The molecule has 2 rings (SSSR count). The summed E-state index contributed by atoms with van der Waals surface area (Å²) in [6.45, 7) is 8.74. The number of benzene rings is 1. The zero-order valence-corrected chi connectivity index (χ0v) is 13.9. The molecule has 1 saturated carbocycles. The molecule has 1 N–H and O–H groups in total. The van der Waals surface area contributed by atoms with Gasteiger partial charge >= 0.3 is 0 Å². The summed E-state index contributed by atoms with van der Waals surface area (Å²) in [7, 11) is 0. The van der Waals surface area contributed by atoms with E-state index in [9.17, 15) is 5.11 Å². The minimum absolute atomic E-state index is 0.371. The van der Waals surface area contributed by atoms with Crippen LogP contribution in [-0.2, 0) is 6.42 Å². The second-order valence-corrected chi connectivity index (χ2v) is 7.52. The second-order valence-electron chi connectivity index (χ2n) is 7.11. The Hall–Kier alpha value is -0.530. The first kappa shape index (κ1) is 15.9. The lowest BCUT2D eigenvalue weighted by atomic mass is 9.65. The van der Waals surface area contributed by atoms with Gasteiger partial charge in [-0.15, -0.1) is 0 Å². The van der Waals surface area contributed by atoms with Crippen molar-refractivity contribution in [1.29, 1.82) is 0 Å². The van der Waals surface area contributed by atoms with Gasteiger partial charge in [0.25, 0.3) is 0 Å². The highest BCUT2D eigenvalue weighted by Gasteiger charge is 2.42. The molecule has 3 atom stereocenters. The van der Waals surface area contributed by atoms with Crippen LogP contribution in [0.3, 0.4) is 0 Å². The van der Waals surface area contributed by atoms with Gasteiger partial charge in [-0.1, -0.05) is 50.9 Å². The summed E-state index contributed by atoms with van der Waals surface area (Å²) in [6, 6.07) is 6.16. The molecule has 2 heteroatoms. The van der Waals surface area contributed by atoms with Crippen LogP contribution >= 0.6 is 11.6 Å². The van der Waals surface area contributed by atoms with Gasteiger partial charge in [0.2, 0.25) is 0 Å².